The fraction of sp³-hybridized carbons (Fsp3) is 0.154. The van der Waals surface area contributed by atoms with Crippen LogP contribution in [0.5, 0.6) is 0 Å². The molecule has 4 aromatic rings. The maximum Gasteiger partial charge on any atom is 0.231 e. The van der Waals surface area contributed by atoms with E-state index in [1.807, 2.05) is 77.4 Å². The number of aromatic nitrogens is 3. The van der Waals surface area contributed by atoms with Crippen LogP contribution in [-0.2, 0) is 16.0 Å². The quantitative estimate of drug-likeness (QED) is 0.334. The summed E-state index contributed by atoms with van der Waals surface area (Å²) >= 11 is 7.34. The van der Waals surface area contributed by atoms with E-state index in [0.29, 0.717) is 22.4 Å². The maximum absolute atomic E-state index is 12.7. The molecule has 0 radical (unpaired) electrons. The summed E-state index contributed by atoms with van der Waals surface area (Å²) < 4.78 is 1.90. The fourth-order valence-corrected chi connectivity index (χ4v) is 4.36. The molecule has 1 aromatic heterocycles. The minimum atomic E-state index is -0.579. The highest BCUT2D eigenvalue weighted by atomic mass is 35.5. The number of hydrogen-bond donors (Lipinski definition) is 1. The average molecular weight is 491 g/mol. The summed E-state index contributed by atoms with van der Waals surface area (Å²) in [7, 11) is 0. The Bertz CT molecular complexity index is 1260. The van der Waals surface area contributed by atoms with Crippen molar-refractivity contribution in [1.82, 2.24) is 20.1 Å². The van der Waals surface area contributed by atoms with Gasteiger partial charge >= 0.3 is 0 Å². The van der Waals surface area contributed by atoms with Crippen molar-refractivity contribution in [2.24, 2.45) is 0 Å². The zero-order chi connectivity index (χ0) is 23.9. The molecule has 0 saturated carbocycles. The molecule has 8 heteroatoms. The van der Waals surface area contributed by atoms with E-state index in [0.717, 1.165) is 16.8 Å². The molecule has 4 rings (SSSR count). The number of ketones is 1. The summed E-state index contributed by atoms with van der Waals surface area (Å²) in [4.78, 5) is 24.9. The Morgan fingerprint density at radius 3 is 2.24 bits per heavy atom. The van der Waals surface area contributed by atoms with E-state index in [4.69, 9.17) is 11.6 Å². The van der Waals surface area contributed by atoms with Crippen LogP contribution in [0.3, 0.4) is 0 Å². The number of amides is 1. The van der Waals surface area contributed by atoms with Crippen molar-refractivity contribution in [3.8, 4) is 17.1 Å². The van der Waals surface area contributed by atoms with Crippen molar-refractivity contribution in [3.63, 3.8) is 0 Å². The van der Waals surface area contributed by atoms with E-state index in [2.05, 4.69) is 15.5 Å². The molecule has 6 nitrogen and oxygen atoms in total. The molecule has 1 atom stereocenters. The van der Waals surface area contributed by atoms with Gasteiger partial charge in [0.1, 0.15) is 0 Å². The van der Waals surface area contributed by atoms with Crippen LogP contribution in [0, 0.1) is 0 Å². The van der Waals surface area contributed by atoms with Crippen molar-refractivity contribution in [2.75, 3.05) is 5.75 Å². The first-order valence-corrected chi connectivity index (χ1v) is 12.1. The van der Waals surface area contributed by atoms with Crippen molar-refractivity contribution in [1.29, 1.82) is 0 Å². The van der Waals surface area contributed by atoms with Crippen LogP contribution in [0.1, 0.15) is 12.5 Å². The number of thioether (sulfide) groups is 1. The lowest BCUT2D eigenvalue weighted by molar-refractivity contribution is -0.125. The first-order valence-electron chi connectivity index (χ1n) is 10.7. The highest BCUT2D eigenvalue weighted by Gasteiger charge is 2.20. The van der Waals surface area contributed by atoms with Crippen LogP contribution in [0.15, 0.2) is 90.1 Å². The maximum atomic E-state index is 12.7. The monoisotopic (exact) mass is 490 g/mol. The number of benzene rings is 3. The summed E-state index contributed by atoms with van der Waals surface area (Å²) in [5, 5.41) is 12.8. The lowest BCUT2D eigenvalue weighted by atomic mass is 10.0. The highest BCUT2D eigenvalue weighted by Crippen LogP contribution is 2.28. The fourth-order valence-electron chi connectivity index (χ4n) is 3.47. The van der Waals surface area contributed by atoms with E-state index >= 15 is 0 Å². The van der Waals surface area contributed by atoms with E-state index in [1.165, 1.54) is 18.7 Å². The van der Waals surface area contributed by atoms with Crippen LogP contribution in [0.25, 0.3) is 17.1 Å². The number of carbonyl (C=O) groups is 2. The molecule has 0 aliphatic carbocycles. The number of Topliss-reactive ketones (excluding diaryl/α,β-unsaturated/α-hetero) is 1. The summed E-state index contributed by atoms with van der Waals surface area (Å²) in [5.74, 6) is 0.432. The molecule has 0 saturated heterocycles. The van der Waals surface area contributed by atoms with E-state index in [9.17, 15) is 9.59 Å². The Hall–Kier alpha value is -3.42. The van der Waals surface area contributed by atoms with E-state index < -0.39 is 6.04 Å². The van der Waals surface area contributed by atoms with Crippen LogP contribution in [0.2, 0.25) is 5.02 Å². The van der Waals surface area contributed by atoms with E-state index in [1.54, 1.807) is 12.1 Å². The molecule has 3 aromatic carbocycles. The molecule has 0 aliphatic heterocycles. The molecule has 1 heterocycles. The molecule has 0 spiro atoms. The molecular weight excluding hydrogens is 468 g/mol. The first-order chi connectivity index (χ1) is 16.5. The number of halogens is 1. The molecule has 0 bridgehead atoms. The van der Waals surface area contributed by atoms with Gasteiger partial charge in [-0.05, 0) is 43.2 Å². The third-order valence-electron chi connectivity index (χ3n) is 5.19. The van der Waals surface area contributed by atoms with E-state index in [-0.39, 0.29) is 17.4 Å². The lowest BCUT2D eigenvalue weighted by Crippen LogP contribution is -2.42. The van der Waals surface area contributed by atoms with Crippen LogP contribution in [0.4, 0.5) is 0 Å². The van der Waals surface area contributed by atoms with Crippen molar-refractivity contribution >= 4 is 35.1 Å². The van der Waals surface area contributed by atoms with Crippen molar-refractivity contribution < 1.29 is 9.59 Å². The molecule has 172 valence electrons. The zero-order valence-corrected chi connectivity index (χ0v) is 20.1. The molecular formula is C26H23ClN4O2S. The van der Waals surface area contributed by atoms with Gasteiger partial charge in [0.15, 0.2) is 16.8 Å². The first kappa shape index (κ1) is 23.7. The zero-order valence-electron chi connectivity index (χ0n) is 18.5. The minimum Gasteiger partial charge on any atom is -0.345 e. The number of nitrogens with one attached hydrogen (secondary N) is 1. The Morgan fingerprint density at radius 1 is 0.941 bits per heavy atom. The highest BCUT2D eigenvalue weighted by molar-refractivity contribution is 7.99. The third-order valence-corrected chi connectivity index (χ3v) is 6.37. The lowest BCUT2D eigenvalue weighted by Gasteiger charge is -2.16. The summed E-state index contributed by atoms with van der Waals surface area (Å²) in [6.45, 7) is 1.49. The Labute approximate surface area is 207 Å². The molecule has 1 N–H and O–H groups in total. The smallest absolute Gasteiger partial charge is 0.231 e. The van der Waals surface area contributed by atoms with Gasteiger partial charge in [0.2, 0.25) is 5.91 Å². The van der Waals surface area contributed by atoms with Gasteiger partial charge in [-0.3, -0.25) is 14.2 Å². The van der Waals surface area contributed by atoms with Gasteiger partial charge in [-0.15, -0.1) is 10.2 Å². The Balaban J connectivity index is 1.52. The predicted molar refractivity (Wildman–Crippen MR) is 135 cm³/mol. The largest absolute Gasteiger partial charge is 0.345 e. The summed E-state index contributed by atoms with van der Waals surface area (Å²) in [6, 6.07) is 26.1. The molecule has 0 fully saturated rings. The molecule has 0 unspecified atom stereocenters. The van der Waals surface area contributed by atoms with Crippen LogP contribution in [-0.4, -0.2) is 38.2 Å². The standard InChI is InChI=1S/C26H23ClN4O2S/c1-18(32)23(16-19-8-4-2-5-9-19)28-24(33)17-34-26-30-29-25(20-10-6-3-7-11-20)31(26)22-14-12-21(27)13-15-22/h2-15,23H,16-17H2,1H3,(H,28,33)/t23-/m0/s1. The van der Waals surface area contributed by atoms with Gasteiger partial charge in [0, 0.05) is 16.3 Å². The molecule has 0 aliphatic rings. The van der Waals surface area contributed by atoms with Gasteiger partial charge in [-0.1, -0.05) is 84.0 Å². The van der Waals surface area contributed by atoms with Gasteiger partial charge < -0.3 is 5.32 Å². The Kier molecular flexibility index (Phi) is 7.77. The van der Waals surface area contributed by atoms with Gasteiger partial charge in [-0.2, -0.15) is 0 Å². The number of rotatable bonds is 9. The van der Waals surface area contributed by atoms with Crippen LogP contribution >= 0.6 is 23.4 Å². The van der Waals surface area contributed by atoms with Gasteiger partial charge in [-0.25, -0.2) is 0 Å². The second kappa shape index (κ2) is 11.1. The van der Waals surface area contributed by atoms with Gasteiger partial charge in [0.25, 0.3) is 0 Å². The summed E-state index contributed by atoms with van der Waals surface area (Å²) in [5.41, 5.74) is 2.73. The van der Waals surface area contributed by atoms with Gasteiger partial charge in [0.05, 0.1) is 11.8 Å². The SMILES string of the molecule is CC(=O)[C@H](Cc1ccccc1)NC(=O)CSc1nnc(-c2ccccc2)n1-c1ccc(Cl)cc1. The Morgan fingerprint density at radius 2 is 1.59 bits per heavy atom. The third kappa shape index (κ3) is 5.92. The number of carbonyl (C=O) groups excluding carboxylic acids is 2. The predicted octanol–water partition coefficient (Wildman–Crippen LogP) is 5.00. The minimum absolute atomic E-state index is 0.0853. The molecule has 1 amide bonds. The number of hydrogen-bond acceptors (Lipinski definition) is 5. The summed E-state index contributed by atoms with van der Waals surface area (Å²) in [6.07, 6.45) is 0.450. The average Bonchev–Trinajstić information content (AvgIpc) is 3.28. The normalized spacial score (nSPS) is 11.7. The van der Waals surface area contributed by atoms with Crippen LogP contribution < -0.4 is 5.32 Å². The number of nitrogens with zero attached hydrogens (tertiary/aromatic N) is 3. The van der Waals surface area contributed by atoms with Crippen molar-refractivity contribution in [2.45, 2.75) is 24.5 Å². The van der Waals surface area contributed by atoms with Crippen molar-refractivity contribution in [3.05, 3.63) is 95.5 Å². The second-order valence-electron chi connectivity index (χ2n) is 7.69. The second-order valence-corrected chi connectivity index (χ2v) is 9.07. The topological polar surface area (TPSA) is 76.9 Å². The molecule has 34 heavy (non-hydrogen) atoms.